The summed E-state index contributed by atoms with van der Waals surface area (Å²) in [5, 5.41) is 8.33. The van der Waals surface area contributed by atoms with Crippen molar-refractivity contribution < 1.29 is 23.7 Å². The van der Waals surface area contributed by atoms with Gasteiger partial charge in [0.25, 0.3) is 0 Å². The van der Waals surface area contributed by atoms with E-state index in [-0.39, 0.29) is 6.10 Å². The van der Waals surface area contributed by atoms with Crippen LogP contribution in [0.3, 0.4) is 0 Å². The van der Waals surface area contributed by atoms with Gasteiger partial charge in [-0.2, -0.15) is 0 Å². The van der Waals surface area contributed by atoms with Crippen molar-refractivity contribution in [3.8, 4) is 0 Å². The van der Waals surface area contributed by atoms with Crippen molar-refractivity contribution in [1.82, 2.24) is 15.0 Å². The van der Waals surface area contributed by atoms with E-state index in [9.17, 15) is 0 Å². The van der Waals surface area contributed by atoms with Crippen LogP contribution < -0.4 is 0 Å². The van der Waals surface area contributed by atoms with E-state index in [0.717, 1.165) is 31.7 Å². The minimum Gasteiger partial charge on any atom is -0.379 e. The molecule has 0 aliphatic carbocycles. The van der Waals surface area contributed by atoms with Crippen LogP contribution in [-0.4, -0.2) is 73.4 Å². The van der Waals surface area contributed by atoms with Crippen LogP contribution in [0.2, 0.25) is 0 Å². The Kier molecular flexibility index (Phi) is 16.8. The second-order valence-corrected chi connectivity index (χ2v) is 7.86. The number of hydrogen-bond acceptors (Lipinski definition) is 7. The molecule has 0 unspecified atom stereocenters. The molecule has 0 bridgehead atoms. The minimum absolute atomic E-state index is 0.244. The van der Waals surface area contributed by atoms with Crippen LogP contribution in [0.25, 0.3) is 0 Å². The summed E-state index contributed by atoms with van der Waals surface area (Å²) in [6.07, 6.45) is 8.48. The van der Waals surface area contributed by atoms with E-state index in [1.807, 2.05) is 24.7 Å². The zero-order valence-electron chi connectivity index (χ0n) is 19.5. The lowest BCUT2D eigenvalue weighted by molar-refractivity contribution is -0.0134. The molecule has 0 fully saturated rings. The number of unbranched alkanes of at least 4 members (excludes halogenated alkanes) is 4. The molecule has 1 aromatic heterocycles. The Labute approximate surface area is 182 Å². The maximum absolute atomic E-state index is 5.59. The smallest absolute Gasteiger partial charge is 0.108 e. The maximum atomic E-state index is 5.59. The van der Waals surface area contributed by atoms with Gasteiger partial charge in [0.15, 0.2) is 0 Å². The molecule has 0 saturated carbocycles. The minimum atomic E-state index is 0.244. The summed E-state index contributed by atoms with van der Waals surface area (Å²) in [6, 6.07) is 0. The van der Waals surface area contributed by atoms with Crippen LogP contribution in [0, 0.1) is 0 Å². The zero-order valence-corrected chi connectivity index (χ0v) is 19.5. The number of rotatable bonds is 21. The van der Waals surface area contributed by atoms with Crippen molar-refractivity contribution in [1.29, 1.82) is 0 Å². The van der Waals surface area contributed by atoms with Crippen LogP contribution in [0.4, 0.5) is 0 Å². The first-order valence-corrected chi connectivity index (χ1v) is 11.4. The number of hydrogen-bond donors (Lipinski definition) is 0. The molecular formula is C22H43N3O5. The summed E-state index contributed by atoms with van der Waals surface area (Å²) >= 11 is 0. The molecule has 1 rings (SSSR count). The van der Waals surface area contributed by atoms with Gasteiger partial charge in [-0.25, -0.2) is 0 Å². The van der Waals surface area contributed by atoms with Crippen molar-refractivity contribution in [2.24, 2.45) is 0 Å². The van der Waals surface area contributed by atoms with Crippen molar-refractivity contribution in [3.05, 3.63) is 11.9 Å². The van der Waals surface area contributed by atoms with Gasteiger partial charge in [0.1, 0.15) is 5.69 Å². The van der Waals surface area contributed by atoms with E-state index >= 15 is 0 Å². The average molecular weight is 430 g/mol. The Morgan fingerprint density at radius 2 is 1.27 bits per heavy atom. The molecule has 1 aromatic rings. The molecule has 0 spiro atoms. The van der Waals surface area contributed by atoms with Crippen molar-refractivity contribution in [2.75, 3.05) is 46.2 Å². The topological polar surface area (TPSA) is 76.9 Å². The molecule has 0 aliphatic rings. The summed E-state index contributed by atoms with van der Waals surface area (Å²) in [4.78, 5) is 0. The fourth-order valence-corrected chi connectivity index (χ4v) is 2.70. The molecule has 8 nitrogen and oxygen atoms in total. The van der Waals surface area contributed by atoms with E-state index in [0.29, 0.717) is 52.4 Å². The second-order valence-electron chi connectivity index (χ2n) is 7.86. The fourth-order valence-electron chi connectivity index (χ4n) is 2.70. The van der Waals surface area contributed by atoms with E-state index in [1.54, 1.807) is 0 Å². The number of ether oxygens (including phenoxy) is 5. The molecule has 0 radical (unpaired) electrons. The molecule has 0 amide bonds. The molecule has 1 heterocycles. The standard InChI is InChI=1S/C22H43N3O5/c1-20(2)29-11-9-7-5-6-8-10-25-18-22(23-24-25)19-28-15-14-26-12-13-27-16-17-30-21(3)4/h18,20-21H,5-17,19H2,1-4H3. The second kappa shape index (κ2) is 18.7. The first-order valence-electron chi connectivity index (χ1n) is 11.4. The number of aromatic nitrogens is 3. The first kappa shape index (κ1) is 27.0. The van der Waals surface area contributed by atoms with Crippen LogP contribution in [0.15, 0.2) is 6.20 Å². The van der Waals surface area contributed by atoms with Crippen LogP contribution in [0.5, 0.6) is 0 Å². The highest BCUT2D eigenvalue weighted by molar-refractivity contribution is 4.89. The molecule has 0 N–H and O–H groups in total. The first-order chi connectivity index (χ1) is 14.6. The lowest BCUT2D eigenvalue weighted by Crippen LogP contribution is -2.13. The maximum Gasteiger partial charge on any atom is 0.108 e. The van der Waals surface area contributed by atoms with Crippen LogP contribution in [0.1, 0.15) is 65.5 Å². The van der Waals surface area contributed by atoms with Gasteiger partial charge in [0.2, 0.25) is 0 Å². The monoisotopic (exact) mass is 429 g/mol. The predicted octanol–water partition coefficient (Wildman–Crippen LogP) is 3.63. The van der Waals surface area contributed by atoms with Crippen molar-refractivity contribution in [2.45, 2.75) is 85.2 Å². The highest BCUT2D eigenvalue weighted by atomic mass is 16.6. The summed E-state index contributed by atoms with van der Waals surface area (Å²) in [5.74, 6) is 0. The third-order valence-electron chi connectivity index (χ3n) is 4.24. The molecule has 30 heavy (non-hydrogen) atoms. The summed E-state index contributed by atoms with van der Waals surface area (Å²) < 4.78 is 29.3. The normalized spacial score (nSPS) is 11.8. The molecular weight excluding hydrogens is 386 g/mol. The number of nitrogens with zero attached hydrogens (tertiary/aromatic N) is 3. The summed E-state index contributed by atoms with van der Waals surface area (Å²) in [5.41, 5.74) is 0.856. The third kappa shape index (κ3) is 16.7. The lowest BCUT2D eigenvalue weighted by atomic mass is 10.1. The predicted molar refractivity (Wildman–Crippen MR) is 117 cm³/mol. The van der Waals surface area contributed by atoms with Gasteiger partial charge in [0.05, 0.1) is 64.7 Å². The van der Waals surface area contributed by atoms with Gasteiger partial charge < -0.3 is 23.7 Å². The Morgan fingerprint density at radius 1 is 0.700 bits per heavy atom. The molecule has 0 saturated heterocycles. The summed E-state index contributed by atoms with van der Waals surface area (Å²) in [6.45, 7) is 13.8. The highest BCUT2D eigenvalue weighted by Crippen LogP contribution is 2.06. The molecule has 8 heteroatoms. The highest BCUT2D eigenvalue weighted by Gasteiger charge is 2.02. The van der Waals surface area contributed by atoms with Crippen molar-refractivity contribution >= 4 is 0 Å². The number of aryl methyl sites for hydroxylation is 1. The van der Waals surface area contributed by atoms with Gasteiger partial charge in [-0.1, -0.05) is 24.5 Å². The average Bonchev–Trinajstić information content (AvgIpc) is 3.15. The Hall–Kier alpha value is -1.06. The Bertz CT molecular complexity index is 497. The van der Waals surface area contributed by atoms with Crippen LogP contribution in [-0.2, 0) is 36.8 Å². The fraction of sp³-hybridized carbons (Fsp3) is 0.909. The van der Waals surface area contributed by atoms with Gasteiger partial charge >= 0.3 is 0 Å². The van der Waals surface area contributed by atoms with Gasteiger partial charge in [-0.15, -0.1) is 5.10 Å². The van der Waals surface area contributed by atoms with E-state index in [2.05, 4.69) is 24.2 Å². The van der Waals surface area contributed by atoms with Gasteiger partial charge in [0, 0.05) is 13.2 Å². The van der Waals surface area contributed by atoms with E-state index in [4.69, 9.17) is 23.7 Å². The molecule has 0 aliphatic heterocycles. The van der Waals surface area contributed by atoms with E-state index < -0.39 is 0 Å². The Balaban J connectivity index is 1.88. The van der Waals surface area contributed by atoms with Gasteiger partial charge in [-0.3, -0.25) is 4.68 Å². The largest absolute Gasteiger partial charge is 0.379 e. The summed E-state index contributed by atoms with van der Waals surface area (Å²) in [7, 11) is 0. The lowest BCUT2D eigenvalue weighted by Gasteiger charge is -2.08. The van der Waals surface area contributed by atoms with Gasteiger partial charge in [-0.05, 0) is 40.5 Å². The zero-order chi connectivity index (χ0) is 21.9. The molecule has 176 valence electrons. The molecule has 0 atom stereocenters. The Morgan fingerprint density at radius 3 is 1.97 bits per heavy atom. The SMILES string of the molecule is CC(C)OCCCCCCCn1cc(COCCOCCOCCOC(C)C)nn1. The van der Waals surface area contributed by atoms with E-state index in [1.165, 1.54) is 19.3 Å². The molecule has 0 aromatic carbocycles. The third-order valence-corrected chi connectivity index (χ3v) is 4.24. The van der Waals surface area contributed by atoms with Crippen LogP contribution >= 0.6 is 0 Å². The quantitative estimate of drug-likeness (QED) is 0.276. The van der Waals surface area contributed by atoms with Crippen molar-refractivity contribution in [3.63, 3.8) is 0 Å².